The standard InChI is InChI=1S/C13H16BrNO/c14-9-10-5-7-12(8-6-10)15-13(16)11-3-1-2-4-11/h5-8,11H,1-4,9H2,(H,15,16). The molecular weight excluding hydrogens is 266 g/mol. The van der Waals surface area contributed by atoms with E-state index in [9.17, 15) is 4.79 Å². The minimum atomic E-state index is 0.184. The van der Waals surface area contributed by atoms with Crippen LogP contribution in [0.5, 0.6) is 0 Å². The van der Waals surface area contributed by atoms with Crippen LogP contribution in [0.25, 0.3) is 0 Å². The highest BCUT2D eigenvalue weighted by molar-refractivity contribution is 9.08. The molecule has 0 aromatic heterocycles. The molecular formula is C13H16BrNO. The van der Waals surface area contributed by atoms with Crippen molar-refractivity contribution in [2.75, 3.05) is 5.32 Å². The summed E-state index contributed by atoms with van der Waals surface area (Å²) >= 11 is 3.40. The Morgan fingerprint density at radius 3 is 2.44 bits per heavy atom. The third-order valence-corrected chi connectivity index (χ3v) is 3.75. The largest absolute Gasteiger partial charge is 0.326 e. The molecule has 0 aliphatic heterocycles. The average molecular weight is 282 g/mol. The molecule has 1 amide bonds. The zero-order valence-corrected chi connectivity index (χ0v) is 10.8. The van der Waals surface area contributed by atoms with Crippen molar-refractivity contribution in [2.24, 2.45) is 5.92 Å². The summed E-state index contributed by atoms with van der Waals surface area (Å²) in [7, 11) is 0. The van der Waals surface area contributed by atoms with Crippen LogP contribution in [-0.2, 0) is 10.1 Å². The number of rotatable bonds is 3. The van der Waals surface area contributed by atoms with Crippen LogP contribution in [0, 0.1) is 5.92 Å². The highest BCUT2D eigenvalue weighted by Crippen LogP contribution is 2.26. The molecule has 1 aromatic rings. The Morgan fingerprint density at radius 2 is 1.88 bits per heavy atom. The molecule has 1 aromatic carbocycles. The van der Waals surface area contributed by atoms with E-state index in [1.54, 1.807) is 0 Å². The Hall–Kier alpha value is -0.830. The maximum atomic E-state index is 11.8. The average Bonchev–Trinajstić information content (AvgIpc) is 2.83. The highest BCUT2D eigenvalue weighted by Gasteiger charge is 2.22. The number of nitrogens with one attached hydrogen (secondary N) is 1. The molecule has 1 aliphatic carbocycles. The Bertz CT molecular complexity index is 355. The number of benzene rings is 1. The number of carbonyl (C=O) groups is 1. The maximum absolute atomic E-state index is 11.8. The summed E-state index contributed by atoms with van der Waals surface area (Å²) in [6.45, 7) is 0. The van der Waals surface area contributed by atoms with Crippen LogP contribution in [0.3, 0.4) is 0 Å². The van der Waals surface area contributed by atoms with E-state index in [1.807, 2.05) is 24.3 Å². The first kappa shape index (κ1) is 11.6. The number of hydrogen-bond acceptors (Lipinski definition) is 1. The molecule has 0 spiro atoms. The van der Waals surface area contributed by atoms with E-state index in [-0.39, 0.29) is 11.8 Å². The number of halogens is 1. The smallest absolute Gasteiger partial charge is 0.227 e. The van der Waals surface area contributed by atoms with E-state index < -0.39 is 0 Å². The van der Waals surface area contributed by atoms with Gasteiger partial charge in [0, 0.05) is 16.9 Å². The van der Waals surface area contributed by atoms with Gasteiger partial charge in [0.25, 0.3) is 0 Å². The summed E-state index contributed by atoms with van der Waals surface area (Å²) < 4.78 is 0. The van der Waals surface area contributed by atoms with Gasteiger partial charge in [-0.1, -0.05) is 40.9 Å². The molecule has 16 heavy (non-hydrogen) atoms. The second-order valence-electron chi connectivity index (χ2n) is 4.30. The van der Waals surface area contributed by atoms with Crippen LogP contribution in [-0.4, -0.2) is 5.91 Å². The Balaban J connectivity index is 1.94. The van der Waals surface area contributed by atoms with E-state index in [0.717, 1.165) is 23.9 Å². The lowest BCUT2D eigenvalue weighted by Crippen LogP contribution is -2.20. The van der Waals surface area contributed by atoms with Crippen LogP contribution in [0.15, 0.2) is 24.3 Å². The van der Waals surface area contributed by atoms with Gasteiger partial charge in [-0.2, -0.15) is 0 Å². The Kier molecular flexibility index (Phi) is 3.99. The minimum absolute atomic E-state index is 0.184. The Morgan fingerprint density at radius 1 is 1.25 bits per heavy atom. The van der Waals surface area contributed by atoms with Crippen LogP contribution in [0.2, 0.25) is 0 Å². The SMILES string of the molecule is O=C(Nc1ccc(CBr)cc1)C1CCCC1. The van der Waals surface area contributed by atoms with E-state index in [0.29, 0.717) is 0 Å². The normalized spacial score (nSPS) is 16.3. The molecule has 3 heteroatoms. The van der Waals surface area contributed by atoms with Gasteiger partial charge in [0.05, 0.1) is 0 Å². The monoisotopic (exact) mass is 281 g/mol. The zero-order chi connectivity index (χ0) is 11.4. The molecule has 0 atom stereocenters. The van der Waals surface area contributed by atoms with Gasteiger partial charge < -0.3 is 5.32 Å². The van der Waals surface area contributed by atoms with Crippen molar-refractivity contribution in [2.45, 2.75) is 31.0 Å². The summed E-state index contributed by atoms with van der Waals surface area (Å²) in [5.74, 6) is 0.417. The van der Waals surface area contributed by atoms with Crippen molar-refractivity contribution in [3.05, 3.63) is 29.8 Å². The first-order valence-electron chi connectivity index (χ1n) is 5.75. The molecule has 1 fully saturated rings. The lowest BCUT2D eigenvalue weighted by molar-refractivity contribution is -0.119. The lowest BCUT2D eigenvalue weighted by atomic mass is 10.1. The fourth-order valence-corrected chi connectivity index (χ4v) is 2.48. The zero-order valence-electron chi connectivity index (χ0n) is 9.21. The highest BCUT2D eigenvalue weighted by atomic mass is 79.9. The molecule has 1 saturated carbocycles. The first-order chi connectivity index (χ1) is 7.79. The van der Waals surface area contributed by atoms with Gasteiger partial charge in [-0.05, 0) is 30.5 Å². The topological polar surface area (TPSA) is 29.1 Å². The van der Waals surface area contributed by atoms with E-state index in [2.05, 4.69) is 21.2 Å². The van der Waals surface area contributed by atoms with Crippen LogP contribution >= 0.6 is 15.9 Å². The van der Waals surface area contributed by atoms with Crippen LogP contribution in [0.1, 0.15) is 31.2 Å². The third kappa shape index (κ3) is 2.85. The summed E-state index contributed by atoms with van der Waals surface area (Å²) in [6.07, 6.45) is 4.48. The summed E-state index contributed by atoms with van der Waals surface area (Å²) in [5, 5.41) is 3.83. The second kappa shape index (κ2) is 5.48. The van der Waals surface area contributed by atoms with Crippen LogP contribution in [0.4, 0.5) is 5.69 Å². The fourth-order valence-electron chi connectivity index (χ4n) is 2.11. The van der Waals surface area contributed by atoms with Gasteiger partial charge in [-0.15, -0.1) is 0 Å². The number of carbonyl (C=O) groups excluding carboxylic acids is 1. The molecule has 86 valence electrons. The number of amides is 1. The van der Waals surface area contributed by atoms with Gasteiger partial charge >= 0.3 is 0 Å². The number of alkyl halides is 1. The molecule has 2 rings (SSSR count). The van der Waals surface area contributed by atoms with Gasteiger partial charge in [-0.25, -0.2) is 0 Å². The predicted molar refractivity (Wildman–Crippen MR) is 69.7 cm³/mol. The van der Waals surface area contributed by atoms with Gasteiger partial charge in [0.2, 0.25) is 5.91 Å². The molecule has 0 unspecified atom stereocenters. The molecule has 0 bridgehead atoms. The fraction of sp³-hybridized carbons (Fsp3) is 0.462. The minimum Gasteiger partial charge on any atom is -0.326 e. The van der Waals surface area contributed by atoms with Crippen molar-refractivity contribution in [3.8, 4) is 0 Å². The molecule has 1 N–H and O–H groups in total. The molecule has 1 aliphatic rings. The van der Waals surface area contributed by atoms with E-state index in [4.69, 9.17) is 0 Å². The quantitative estimate of drug-likeness (QED) is 0.841. The van der Waals surface area contributed by atoms with Gasteiger partial charge in [0.1, 0.15) is 0 Å². The summed E-state index contributed by atoms with van der Waals surface area (Å²) in [5.41, 5.74) is 2.13. The summed E-state index contributed by atoms with van der Waals surface area (Å²) in [6, 6.07) is 7.98. The van der Waals surface area contributed by atoms with Crippen molar-refractivity contribution < 1.29 is 4.79 Å². The maximum Gasteiger partial charge on any atom is 0.227 e. The molecule has 2 nitrogen and oxygen atoms in total. The summed E-state index contributed by atoms with van der Waals surface area (Å²) in [4.78, 5) is 11.8. The van der Waals surface area contributed by atoms with E-state index in [1.165, 1.54) is 18.4 Å². The molecule has 0 saturated heterocycles. The lowest BCUT2D eigenvalue weighted by Gasteiger charge is -2.10. The number of anilines is 1. The number of hydrogen-bond donors (Lipinski definition) is 1. The predicted octanol–water partition coefficient (Wildman–Crippen LogP) is 3.71. The first-order valence-corrected chi connectivity index (χ1v) is 6.87. The third-order valence-electron chi connectivity index (χ3n) is 3.10. The van der Waals surface area contributed by atoms with E-state index >= 15 is 0 Å². The molecule has 0 radical (unpaired) electrons. The van der Waals surface area contributed by atoms with Gasteiger partial charge in [0.15, 0.2) is 0 Å². The second-order valence-corrected chi connectivity index (χ2v) is 4.86. The van der Waals surface area contributed by atoms with Crippen molar-refractivity contribution in [3.63, 3.8) is 0 Å². The van der Waals surface area contributed by atoms with Gasteiger partial charge in [-0.3, -0.25) is 4.79 Å². The Labute approximate surface area is 105 Å². The molecule has 0 heterocycles. The van der Waals surface area contributed by atoms with Crippen molar-refractivity contribution in [1.82, 2.24) is 0 Å². The van der Waals surface area contributed by atoms with Crippen LogP contribution < -0.4 is 5.32 Å². The van der Waals surface area contributed by atoms with Crippen molar-refractivity contribution >= 4 is 27.5 Å². The van der Waals surface area contributed by atoms with Crippen molar-refractivity contribution in [1.29, 1.82) is 0 Å².